The van der Waals surface area contributed by atoms with Crippen LogP contribution in [-0.2, 0) is 0 Å². The first kappa shape index (κ1) is 7.49. The van der Waals surface area contributed by atoms with Crippen molar-refractivity contribution in [1.29, 1.82) is 0 Å². The monoisotopic (exact) mass is 162 g/mol. The van der Waals surface area contributed by atoms with Crippen LogP contribution in [0.1, 0.15) is 12.8 Å². The molecule has 0 saturated heterocycles. The number of hydrogen-bond donors (Lipinski definition) is 0. The summed E-state index contributed by atoms with van der Waals surface area (Å²) in [6.45, 7) is 0. The molecule has 0 aliphatic heterocycles. The van der Waals surface area contributed by atoms with E-state index < -0.39 is 0 Å². The normalized spacial score (nSPS) is 34.9. The summed E-state index contributed by atoms with van der Waals surface area (Å²) < 4.78 is 0. The molecule has 52 valence electrons. The second-order valence-electron chi connectivity index (χ2n) is 2.23. The summed E-state index contributed by atoms with van der Waals surface area (Å²) in [7, 11) is 0. The summed E-state index contributed by atoms with van der Waals surface area (Å²) in [5, 5.41) is 1.02. The van der Waals surface area contributed by atoms with E-state index in [9.17, 15) is 0 Å². The molecule has 1 rings (SSSR count). The van der Waals surface area contributed by atoms with Crippen LogP contribution >= 0.6 is 23.4 Å². The Morgan fingerprint density at radius 1 is 1.44 bits per heavy atom. The van der Waals surface area contributed by atoms with E-state index in [0.29, 0.717) is 10.6 Å². The first-order chi connectivity index (χ1) is 4.34. The van der Waals surface area contributed by atoms with Crippen LogP contribution in [0.15, 0.2) is 12.2 Å². The first-order valence-electron chi connectivity index (χ1n) is 3.16. The Bertz CT molecular complexity index is 111. The predicted molar refractivity (Wildman–Crippen MR) is 45.3 cm³/mol. The van der Waals surface area contributed by atoms with Crippen LogP contribution in [0, 0.1) is 0 Å². The molecule has 0 aromatic rings. The van der Waals surface area contributed by atoms with Crippen LogP contribution in [0.25, 0.3) is 0 Å². The molecule has 1 aliphatic rings. The second kappa shape index (κ2) is 3.52. The zero-order valence-electron chi connectivity index (χ0n) is 5.51. The fraction of sp³-hybridized carbons (Fsp3) is 0.714. The number of thioether (sulfide) groups is 1. The molecule has 0 fully saturated rings. The zero-order valence-corrected chi connectivity index (χ0v) is 7.08. The molecule has 0 bridgehead atoms. The summed E-state index contributed by atoms with van der Waals surface area (Å²) in [5.41, 5.74) is 0. The molecule has 0 spiro atoms. The molecule has 1 aliphatic carbocycles. The molecule has 0 N–H and O–H groups in total. The van der Waals surface area contributed by atoms with E-state index >= 15 is 0 Å². The lowest BCUT2D eigenvalue weighted by molar-refractivity contribution is 0.759. The third-order valence-electron chi connectivity index (χ3n) is 1.60. The molecule has 0 nitrogen and oxygen atoms in total. The molecule has 0 aromatic heterocycles. The standard InChI is InChI=1S/C7H11ClS/c1-9-7-5-3-2-4-6(7)8/h2-3,6-7H,4-5H2,1H3. The molecular weight excluding hydrogens is 152 g/mol. The number of hydrogen-bond acceptors (Lipinski definition) is 1. The van der Waals surface area contributed by atoms with Gasteiger partial charge < -0.3 is 0 Å². The van der Waals surface area contributed by atoms with Crippen molar-refractivity contribution in [2.24, 2.45) is 0 Å². The van der Waals surface area contributed by atoms with Gasteiger partial charge in [0.2, 0.25) is 0 Å². The van der Waals surface area contributed by atoms with Crippen molar-refractivity contribution in [3.05, 3.63) is 12.2 Å². The highest BCUT2D eigenvalue weighted by molar-refractivity contribution is 7.99. The van der Waals surface area contributed by atoms with Crippen LogP contribution < -0.4 is 0 Å². The first-order valence-corrected chi connectivity index (χ1v) is 4.89. The lowest BCUT2D eigenvalue weighted by Gasteiger charge is -2.20. The Balaban J connectivity index is 2.43. The van der Waals surface area contributed by atoms with Crippen molar-refractivity contribution in [3.8, 4) is 0 Å². The van der Waals surface area contributed by atoms with Crippen molar-refractivity contribution < 1.29 is 0 Å². The van der Waals surface area contributed by atoms with Gasteiger partial charge in [-0.15, -0.1) is 11.6 Å². The Hall–Kier alpha value is 0.380. The van der Waals surface area contributed by atoms with Crippen LogP contribution in [0.3, 0.4) is 0 Å². The largest absolute Gasteiger partial charge is 0.160 e. The van der Waals surface area contributed by atoms with Gasteiger partial charge in [-0.2, -0.15) is 11.8 Å². The number of allylic oxidation sites excluding steroid dienone is 2. The maximum atomic E-state index is 6.01. The van der Waals surface area contributed by atoms with E-state index in [0.717, 1.165) is 12.8 Å². The zero-order chi connectivity index (χ0) is 6.69. The summed E-state index contributed by atoms with van der Waals surface area (Å²) in [5.74, 6) is 0. The van der Waals surface area contributed by atoms with Gasteiger partial charge in [0.25, 0.3) is 0 Å². The van der Waals surface area contributed by atoms with E-state index in [2.05, 4.69) is 18.4 Å². The van der Waals surface area contributed by atoms with Crippen LogP contribution in [-0.4, -0.2) is 16.9 Å². The summed E-state index contributed by atoms with van der Waals surface area (Å²) in [6.07, 6.45) is 8.71. The van der Waals surface area contributed by atoms with E-state index in [1.807, 2.05) is 11.8 Å². The highest BCUT2D eigenvalue weighted by atomic mass is 35.5. The SMILES string of the molecule is CSC1CC=CCC1Cl. The van der Waals surface area contributed by atoms with Crippen LogP contribution in [0.2, 0.25) is 0 Å². The van der Waals surface area contributed by atoms with Crippen molar-refractivity contribution in [2.75, 3.05) is 6.26 Å². The van der Waals surface area contributed by atoms with Gasteiger partial charge in [-0.1, -0.05) is 12.2 Å². The van der Waals surface area contributed by atoms with Crippen molar-refractivity contribution >= 4 is 23.4 Å². The Labute approximate surface area is 65.7 Å². The quantitative estimate of drug-likeness (QED) is 0.422. The minimum Gasteiger partial charge on any atom is -0.160 e. The third-order valence-corrected chi connectivity index (χ3v) is 3.36. The average Bonchev–Trinajstić information content (AvgIpc) is 1.89. The average molecular weight is 163 g/mol. The van der Waals surface area contributed by atoms with Crippen LogP contribution in [0.5, 0.6) is 0 Å². The lowest BCUT2D eigenvalue weighted by Crippen LogP contribution is -2.18. The van der Waals surface area contributed by atoms with Gasteiger partial charge in [-0.05, 0) is 19.1 Å². The smallest absolute Gasteiger partial charge is 0.0492 e. The third kappa shape index (κ3) is 1.91. The van der Waals surface area contributed by atoms with Crippen LogP contribution in [0.4, 0.5) is 0 Å². The minimum atomic E-state index is 0.366. The minimum absolute atomic E-state index is 0.366. The fourth-order valence-corrected chi connectivity index (χ4v) is 2.22. The van der Waals surface area contributed by atoms with Gasteiger partial charge in [0.05, 0.1) is 0 Å². The summed E-state index contributed by atoms with van der Waals surface area (Å²) in [4.78, 5) is 0. The number of rotatable bonds is 1. The van der Waals surface area contributed by atoms with Crippen molar-refractivity contribution in [3.63, 3.8) is 0 Å². The summed E-state index contributed by atoms with van der Waals surface area (Å²) in [6, 6.07) is 0. The highest BCUT2D eigenvalue weighted by Crippen LogP contribution is 2.26. The highest BCUT2D eigenvalue weighted by Gasteiger charge is 2.17. The fourth-order valence-electron chi connectivity index (χ4n) is 1.000. The molecule has 0 saturated carbocycles. The maximum absolute atomic E-state index is 6.01. The van der Waals surface area contributed by atoms with Gasteiger partial charge in [0.15, 0.2) is 0 Å². The van der Waals surface area contributed by atoms with Gasteiger partial charge >= 0.3 is 0 Å². The van der Waals surface area contributed by atoms with Gasteiger partial charge in [-0.25, -0.2) is 0 Å². The molecule has 2 unspecified atom stereocenters. The van der Waals surface area contributed by atoms with E-state index in [1.165, 1.54) is 0 Å². The van der Waals surface area contributed by atoms with Crippen molar-refractivity contribution in [2.45, 2.75) is 23.5 Å². The second-order valence-corrected chi connectivity index (χ2v) is 3.87. The Kier molecular flexibility index (Phi) is 2.93. The van der Waals surface area contributed by atoms with E-state index in [4.69, 9.17) is 11.6 Å². The predicted octanol–water partition coefficient (Wildman–Crippen LogP) is 2.68. The van der Waals surface area contributed by atoms with Crippen molar-refractivity contribution in [1.82, 2.24) is 0 Å². The molecule has 0 radical (unpaired) electrons. The molecule has 0 heterocycles. The van der Waals surface area contributed by atoms with Gasteiger partial charge in [0, 0.05) is 10.6 Å². The van der Waals surface area contributed by atoms with Gasteiger partial charge in [0.1, 0.15) is 0 Å². The molecule has 2 heteroatoms. The molecule has 9 heavy (non-hydrogen) atoms. The number of halogens is 1. The van der Waals surface area contributed by atoms with E-state index in [-0.39, 0.29) is 0 Å². The molecule has 0 aromatic carbocycles. The Morgan fingerprint density at radius 3 is 2.56 bits per heavy atom. The number of alkyl halides is 1. The molecule has 0 amide bonds. The van der Waals surface area contributed by atoms with E-state index in [1.54, 1.807) is 0 Å². The topological polar surface area (TPSA) is 0 Å². The molecule has 2 atom stereocenters. The molecular formula is C7H11ClS. The van der Waals surface area contributed by atoms with Gasteiger partial charge in [-0.3, -0.25) is 0 Å². The summed E-state index contributed by atoms with van der Waals surface area (Å²) >= 11 is 7.88. The maximum Gasteiger partial charge on any atom is 0.0492 e. The Morgan fingerprint density at radius 2 is 2.11 bits per heavy atom. The lowest BCUT2D eigenvalue weighted by atomic mass is 10.1.